The highest BCUT2D eigenvalue weighted by Gasteiger charge is 2.24. The van der Waals surface area contributed by atoms with E-state index in [2.05, 4.69) is 36.2 Å². The van der Waals surface area contributed by atoms with E-state index >= 15 is 0 Å². The highest BCUT2D eigenvalue weighted by molar-refractivity contribution is 9.10. The zero-order valence-electron chi connectivity index (χ0n) is 12.4. The smallest absolute Gasteiger partial charge is 0.272 e. The molecule has 6 nitrogen and oxygen atoms in total. The van der Waals surface area contributed by atoms with Crippen molar-refractivity contribution in [2.75, 3.05) is 18.0 Å². The number of carbonyl (C=O) groups excluding carboxylic acids is 1. The summed E-state index contributed by atoms with van der Waals surface area (Å²) >= 11 is 3.54. The Balaban J connectivity index is 1.66. The van der Waals surface area contributed by atoms with Gasteiger partial charge in [-0.15, -0.1) is 0 Å². The zero-order valence-corrected chi connectivity index (χ0v) is 14.0. The van der Waals surface area contributed by atoms with Gasteiger partial charge in [0, 0.05) is 38.6 Å². The van der Waals surface area contributed by atoms with Gasteiger partial charge in [0.15, 0.2) is 0 Å². The fourth-order valence-electron chi connectivity index (χ4n) is 2.69. The average Bonchev–Trinajstić information content (AvgIpc) is 2.95. The normalized spacial score (nSPS) is 18.3. The van der Waals surface area contributed by atoms with E-state index in [1.54, 1.807) is 30.2 Å². The van der Waals surface area contributed by atoms with Crippen LogP contribution in [0.15, 0.2) is 35.1 Å². The molecule has 3 heterocycles. The molecule has 0 aromatic carbocycles. The van der Waals surface area contributed by atoms with Gasteiger partial charge in [0.2, 0.25) is 0 Å². The first-order valence-electron chi connectivity index (χ1n) is 7.29. The number of anilines is 1. The number of hydrogen-bond acceptors (Lipinski definition) is 4. The van der Waals surface area contributed by atoms with E-state index in [4.69, 9.17) is 0 Å². The van der Waals surface area contributed by atoms with Crippen LogP contribution in [0.2, 0.25) is 0 Å². The van der Waals surface area contributed by atoms with Crippen molar-refractivity contribution in [3.63, 3.8) is 0 Å². The summed E-state index contributed by atoms with van der Waals surface area (Å²) < 4.78 is 2.61. The van der Waals surface area contributed by atoms with Crippen molar-refractivity contribution in [2.45, 2.75) is 18.9 Å². The molecule has 0 saturated carbocycles. The van der Waals surface area contributed by atoms with Gasteiger partial charge in [-0.3, -0.25) is 9.48 Å². The Morgan fingerprint density at radius 3 is 3.05 bits per heavy atom. The van der Waals surface area contributed by atoms with Crippen LogP contribution in [-0.4, -0.2) is 39.8 Å². The third kappa shape index (κ3) is 3.30. The average molecular weight is 364 g/mol. The topological polar surface area (TPSA) is 63.1 Å². The summed E-state index contributed by atoms with van der Waals surface area (Å²) in [7, 11) is 1.80. The molecule has 0 bridgehead atoms. The lowest BCUT2D eigenvalue weighted by Gasteiger charge is -2.34. The van der Waals surface area contributed by atoms with Gasteiger partial charge in [-0.25, -0.2) is 4.98 Å². The minimum absolute atomic E-state index is 0.108. The second-order valence-electron chi connectivity index (χ2n) is 5.44. The number of amides is 1. The summed E-state index contributed by atoms with van der Waals surface area (Å²) in [6.45, 7) is 1.71. The molecule has 0 aliphatic carbocycles. The first-order valence-corrected chi connectivity index (χ1v) is 8.09. The van der Waals surface area contributed by atoms with Crippen LogP contribution >= 0.6 is 15.9 Å². The molecule has 1 fully saturated rings. The van der Waals surface area contributed by atoms with Crippen LogP contribution < -0.4 is 10.2 Å². The van der Waals surface area contributed by atoms with Gasteiger partial charge in [0.25, 0.3) is 5.91 Å². The van der Waals surface area contributed by atoms with Gasteiger partial charge in [0.05, 0.1) is 4.47 Å². The predicted molar refractivity (Wildman–Crippen MR) is 87.8 cm³/mol. The van der Waals surface area contributed by atoms with Crippen molar-refractivity contribution in [1.82, 2.24) is 20.1 Å². The minimum atomic E-state index is -0.118. The van der Waals surface area contributed by atoms with Crippen molar-refractivity contribution in [1.29, 1.82) is 0 Å². The summed E-state index contributed by atoms with van der Waals surface area (Å²) in [5.41, 5.74) is 0.457. The Morgan fingerprint density at radius 1 is 1.45 bits per heavy atom. The second-order valence-corrected chi connectivity index (χ2v) is 6.30. The molecular formula is C15H18BrN5O. The minimum Gasteiger partial charge on any atom is -0.354 e. The molecule has 0 spiro atoms. The Morgan fingerprint density at radius 2 is 2.32 bits per heavy atom. The maximum Gasteiger partial charge on any atom is 0.272 e. The molecule has 2 aromatic heterocycles. The van der Waals surface area contributed by atoms with Gasteiger partial charge in [0.1, 0.15) is 11.5 Å². The quantitative estimate of drug-likeness (QED) is 0.905. The number of piperidine rings is 1. The van der Waals surface area contributed by atoms with Gasteiger partial charge in [-0.1, -0.05) is 0 Å². The Hall–Kier alpha value is -1.89. The molecule has 2 aromatic rings. The molecule has 0 radical (unpaired) electrons. The fourth-order valence-corrected chi connectivity index (χ4v) is 3.20. The Bertz CT molecular complexity index is 671. The molecular weight excluding hydrogens is 346 g/mol. The van der Waals surface area contributed by atoms with E-state index in [9.17, 15) is 4.79 Å². The monoisotopic (exact) mass is 363 g/mol. The molecule has 1 aliphatic rings. The van der Waals surface area contributed by atoms with Gasteiger partial charge < -0.3 is 10.2 Å². The molecule has 22 heavy (non-hydrogen) atoms. The molecule has 1 aliphatic heterocycles. The van der Waals surface area contributed by atoms with E-state index in [-0.39, 0.29) is 11.9 Å². The predicted octanol–water partition coefficient (Wildman–Crippen LogP) is 1.98. The lowest BCUT2D eigenvalue weighted by Crippen LogP contribution is -2.48. The van der Waals surface area contributed by atoms with Crippen LogP contribution in [0.4, 0.5) is 5.82 Å². The summed E-state index contributed by atoms with van der Waals surface area (Å²) in [5.74, 6) is 0.812. The largest absolute Gasteiger partial charge is 0.354 e. The van der Waals surface area contributed by atoms with Crippen molar-refractivity contribution in [3.05, 3.63) is 40.8 Å². The number of nitrogens with zero attached hydrogens (tertiary/aromatic N) is 4. The second kappa shape index (κ2) is 6.48. The number of carbonyl (C=O) groups is 1. The number of pyridine rings is 1. The number of hydrogen-bond donors (Lipinski definition) is 1. The van der Waals surface area contributed by atoms with Gasteiger partial charge in [-0.2, -0.15) is 5.10 Å². The van der Waals surface area contributed by atoms with Crippen LogP contribution in [-0.2, 0) is 7.05 Å². The van der Waals surface area contributed by atoms with Crippen molar-refractivity contribution in [2.24, 2.45) is 7.05 Å². The molecule has 1 atom stereocenters. The number of aryl methyl sites for hydroxylation is 1. The van der Waals surface area contributed by atoms with E-state index in [1.807, 2.05) is 12.1 Å². The van der Waals surface area contributed by atoms with Crippen LogP contribution in [0.5, 0.6) is 0 Å². The van der Waals surface area contributed by atoms with E-state index in [1.165, 1.54) is 0 Å². The molecule has 1 N–H and O–H groups in total. The Labute approximate surface area is 137 Å². The van der Waals surface area contributed by atoms with Crippen LogP contribution in [0, 0.1) is 0 Å². The van der Waals surface area contributed by atoms with Gasteiger partial charge >= 0.3 is 0 Å². The van der Waals surface area contributed by atoms with E-state index < -0.39 is 0 Å². The highest BCUT2D eigenvalue weighted by Crippen LogP contribution is 2.25. The van der Waals surface area contributed by atoms with E-state index in [0.717, 1.165) is 36.2 Å². The van der Waals surface area contributed by atoms with Crippen molar-refractivity contribution >= 4 is 27.7 Å². The summed E-state index contributed by atoms with van der Waals surface area (Å²) in [6.07, 6.45) is 5.55. The molecule has 1 unspecified atom stereocenters. The summed E-state index contributed by atoms with van der Waals surface area (Å²) in [6, 6.07) is 5.72. The highest BCUT2D eigenvalue weighted by atomic mass is 79.9. The molecule has 7 heteroatoms. The first kappa shape index (κ1) is 15.0. The third-order valence-electron chi connectivity index (χ3n) is 3.74. The molecule has 1 saturated heterocycles. The zero-order chi connectivity index (χ0) is 15.5. The van der Waals surface area contributed by atoms with Crippen molar-refractivity contribution < 1.29 is 4.79 Å². The number of nitrogens with one attached hydrogen (secondary N) is 1. The Kier molecular flexibility index (Phi) is 4.42. The SMILES string of the molecule is Cn1ccc(C(=O)NC2CCCN(c3ncccc3Br)C2)n1. The fraction of sp³-hybridized carbons (Fsp3) is 0.400. The third-order valence-corrected chi connectivity index (χ3v) is 4.36. The van der Waals surface area contributed by atoms with Crippen LogP contribution in [0.1, 0.15) is 23.3 Å². The number of rotatable bonds is 3. The summed E-state index contributed by atoms with van der Waals surface area (Å²) in [5, 5.41) is 7.21. The standard InChI is InChI=1S/C15H18BrN5O/c1-20-9-6-13(19-20)15(22)18-11-4-3-8-21(10-11)14-12(16)5-2-7-17-14/h2,5-7,9,11H,3-4,8,10H2,1H3,(H,18,22). The first-order chi connectivity index (χ1) is 10.6. The summed E-state index contributed by atoms with van der Waals surface area (Å²) in [4.78, 5) is 18.8. The van der Waals surface area contributed by atoms with Gasteiger partial charge in [-0.05, 0) is 47.0 Å². The maximum absolute atomic E-state index is 12.2. The lowest BCUT2D eigenvalue weighted by molar-refractivity contribution is 0.0927. The number of halogens is 1. The molecule has 3 rings (SSSR count). The van der Waals surface area contributed by atoms with Crippen LogP contribution in [0.25, 0.3) is 0 Å². The lowest BCUT2D eigenvalue weighted by atomic mass is 10.1. The molecule has 116 valence electrons. The van der Waals surface area contributed by atoms with E-state index in [0.29, 0.717) is 5.69 Å². The van der Waals surface area contributed by atoms with Crippen LogP contribution in [0.3, 0.4) is 0 Å². The maximum atomic E-state index is 12.2. The molecule has 1 amide bonds. The van der Waals surface area contributed by atoms with Crippen molar-refractivity contribution in [3.8, 4) is 0 Å². The number of aromatic nitrogens is 3.